The van der Waals surface area contributed by atoms with E-state index < -0.39 is 0 Å². The first-order chi connectivity index (χ1) is 7.45. The second-order valence-corrected chi connectivity index (χ2v) is 3.10. The van der Waals surface area contributed by atoms with Gasteiger partial charge in [-0.05, 0) is 6.07 Å². The van der Waals surface area contributed by atoms with Gasteiger partial charge in [-0.2, -0.15) is 10.1 Å². The van der Waals surface area contributed by atoms with Gasteiger partial charge in [0.05, 0.1) is 6.54 Å². The molecule has 15 heavy (non-hydrogen) atoms. The van der Waals surface area contributed by atoms with E-state index in [4.69, 9.17) is 4.52 Å². The predicted molar refractivity (Wildman–Crippen MR) is 53.1 cm³/mol. The van der Waals surface area contributed by atoms with Crippen LogP contribution < -0.4 is 5.32 Å². The molecule has 0 bridgehead atoms. The fraction of sp³-hybridized carbons (Fsp3) is 0.444. The summed E-state index contributed by atoms with van der Waals surface area (Å²) < 4.78 is 6.76. The van der Waals surface area contributed by atoms with Crippen LogP contribution in [0.3, 0.4) is 0 Å². The molecule has 0 atom stereocenters. The lowest BCUT2D eigenvalue weighted by Gasteiger charge is -2.02. The standard InChI is InChI=1S/C9H13N5O/c1-3-12-14(6-1)7-5-10-4-2-9-11-8-13-15-9/h1,3,6,8,10H,2,4-5,7H2. The Morgan fingerprint density at radius 2 is 2.40 bits per heavy atom. The van der Waals surface area contributed by atoms with Crippen LogP contribution in [0.25, 0.3) is 0 Å². The fourth-order valence-electron chi connectivity index (χ4n) is 1.25. The van der Waals surface area contributed by atoms with Gasteiger partial charge >= 0.3 is 0 Å². The van der Waals surface area contributed by atoms with E-state index in [-0.39, 0.29) is 0 Å². The molecule has 0 aromatic carbocycles. The Bertz CT molecular complexity index is 320. The van der Waals surface area contributed by atoms with Gasteiger partial charge < -0.3 is 9.84 Å². The smallest absolute Gasteiger partial charge is 0.227 e. The zero-order valence-electron chi connectivity index (χ0n) is 8.33. The first-order valence-corrected chi connectivity index (χ1v) is 4.89. The quantitative estimate of drug-likeness (QED) is 0.680. The minimum absolute atomic E-state index is 0.668. The van der Waals surface area contributed by atoms with E-state index in [1.165, 1.54) is 6.33 Å². The van der Waals surface area contributed by atoms with Crippen molar-refractivity contribution in [3.63, 3.8) is 0 Å². The maximum atomic E-state index is 4.87. The molecule has 0 aliphatic heterocycles. The van der Waals surface area contributed by atoms with Crippen molar-refractivity contribution < 1.29 is 4.52 Å². The van der Waals surface area contributed by atoms with Gasteiger partial charge in [-0.15, -0.1) is 0 Å². The minimum Gasteiger partial charge on any atom is -0.340 e. The van der Waals surface area contributed by atoms with Crippen LogP contribution in [0.4, 0.5) is 0 Å². The minimum atomic E-state index is 0.668. The van der Waals surface area contributed by atoms with Crippen molar-refractivity contribution in [3.05, 3.63) is 30.7 Å². The van der Waals surface area contributed by atoms with Gasteiger partial charge in [0, 0.05) is 31.9 Å². The summed E-state index contributed by atoms with van der Waals surface area (Å²) in [7, 11) is 0. The molecule has 0 aliphatic carbocycles. The molecule has 2 heterocycles. The molecule has 2 rings (SSSR count). The monoisotopic (exact) mass is 207 g/mol. The molecule has 2 aromatic rings. The molecule has 6 heteroatoms. The van der Waals surface area contributed by atoms with Crippen molar-refractivity contribution >= 4 is 0 Å². The number of aromatic nitrogens is 4. The maximum Gasteiger partial charge on any atom is 0.227 e. The molecule has 0 unspecified atom stereocenters. The molecule has 80 valence electrons. The van der Waals surface area contributed by atoms with Crippen LogP contribution in [0, 0.1) is 0 Å². The number of nitrogens with one attached hydrogen (secondary N) is 1. The SMILES string of the molecule is c1cnn(CCNCCc2ncno2)c1. The zero-order chi connectivity index (χ0) is 10.3. The van der Waals surface area contributed by atoms with Crippen LogP contribution >= 0.6 is 0 Å². The van der Waals surface area contributed by atoms with Crippen LogP contribution in [0.15, 0.2) is 29.3 Å². The van der Waals surface area contributed by atoms with Crippen molar-refractivity contribution in [2.45, 2.75) is 13.0 Å². The third kappa shape index (κ3) is 3.17. The van der Waals surface area contributed by atoms with Gasteiger partial charge in [-0.25, -0.2) is 0 Å². The van der Waals surface area contributed by atoms with E-state index >= 15 is 0 Å². The third-order valence-corrected chi connectivity index (χ3v) is 2.00. The van der Waals surface area contributed by atoms with Crippen LogP contribution in [-0.2, 0) is 13.0 Å². The predicted octanol–water partition coefficient (Wildman–Crippen LogP) is 0.0984. The molecule has 0 saturated heterocycles. The first kappa shape index (κ1) is 9.85. The summed E-state index contributed by atoms with van der Waals surface area (Å²) >= 11 is 0. The molecule has 6 nitrogen and oxygen atoms in total. The van der Waals surface area contributed by atoms with E-state index in [1.54, 1.807) is 6.20 Å². The van der Waals surface area contributed by atoms with Gasteiger partial charge in [-0.1, -0.05) is 5.16 Å². The normalized spacial score (nSPS) is 10.7. The molecule has 0 spiro atoms. The summed E-state index contributed by atoms with van der Waals surface area (Å²) in [5.74, 6) is 0.668. The van der Waals surface area contributed by atoms with E-state index in [1.807, 2.05) is 16.9 Å². The molecule has 0 radical (unpaired) electrons. The second-order valence-electron chi connectivity index (χ2n) is 3.10. The second kappa shape index (κ2) is 5.26. The van der Waals surface area contributed by atoms with Crippen molar-refractivity contribution in [1.29, 1.82) is 0 Å². The lowest BCUT2D eigenvalue weighted by atomic mass is 10.4. The fourth-order valence-corrected chi connectivity index (χ4v) is 1.25. The van der Waals surface area contributed by atoms with Crippen LogP contribution in [-0.4, -0.2) is 33.0 Å². The molecule has 2 aromatic heterocycles. The van der Waals surface area contributed by atoms with Gasteiger partial charge in [0.15, 0.2) is 6.33 Å². The van der Waals surface area contributed by atoms with Crippen LogP contribution in [0.1, 0.15) is 5.89 Å². The highest BCUT2D eigenvalue weighted by atomic mass is 16.5. The van der Waals surface area contributed by atoms with Gasteiger partial charge in [0.25, 0.3) is 0 Å². The Morgan fingerprint density at radius 1 is 1.40 bits per heavy atom. The Kier molecular flexibility index (Phi) is 3.45. The average molecular weight is 207 g/mol. The van der Waals surface area contributed by atoms with E-state index in [2.05, 4.69) is 20.6 Å². The van der Waals surface area contributed by atoms with Crippen molar-refractivity contribution in [1.82, 2.24) is 25.2 Å². The number of nitrogens with zero attached hydrogens (tertiary/aromatic N) is 4. The molecule has 1 N–H and O–H groups in total. The van der Waals surface area contributed by atoms with E-state index in [9.17, 15) is 0 Å². The van der Waals surface area contributed by atoms with Gasteiger partial charge in [0.2, 0.25) is 5.89 Å². The lowest BCUT2D eigenvalue weighted by molar-refractivity contribution is 0.374. The summed E-state index contributed by atoms with van der Waals surface area (Å²) in [5, 5.41) is 10.9. The molecule has 0 amide bonds. The third-order valence-electron chi connectivity index (χ3n) is 2.00. The van der Waals surface area contributed by atoms with E-state index in [0.29, 0.717) is 5.89 Å². The molecular weight excluding hydrogens is 194 g/mol. The highest BCUT2D eigenvalue weighted by Gasteiger charge is 1.97. The molecule has 0 saturated carbocycles. The Balaban J connectivity index is 1.56. The zero-order valence-corrected chi connectivity index (χ0v) is 8.33. The summed E-state index contributed by atoms with van der Waals surface area (Å²) in [6.45, 7) is 2.59. The maximum absolute atomic E-state index is 4.87. The molecule has 0 fully saturated rings. The van der Waals surface area contributed by atoms with Crippen molar-refractivity contribution in [2.24, 2.45) is 0 Å². The Labute approximate surface area is 87.3 Å². The largest absolute Gasteiger partial charge is 0.340 e. The topological polar surface area (TPSA) is 68.8 Å². The molecule has 0 aliphatic rings. The van der Waals surface area contributed by atoms with E-state index in [0.717, 1.165) is 26.1 Å². The number of hydrogen-bond acceptors (Lipinski definition) is 5. The average Bonchev–Trinajstić information content (AvgIpc) is 2.88. The Morgan fingerprint density at radius 3 is 3.13 bits per heavy atom. The summed E-state index contributed by atoms with van der Waals surface area (Å²) in [6, 6.07) is 1.92. The van der Waals surface area contributed by atoms with Crippen molar-refractivity contribution in [3.8, 4) is 0 Å². The van der Waals surface area contributed by atoms with Crippen LogP contribution in [0.5, 0.6) is 0 Å². The first-order valence-electron chi connectivity index (χ1n) is 4.89. The summed E-state index contributed by atoms with van der Waals surface area (Å²) in [5.41, 5.74) is 0. The highest BCUT2D eigenvalue weighted by molar-refractivity contribution is 4.78. The number of rotatable bonds is 6. The number of hydrogen-bond donors (Lipinski definition) is 1. The molecular formula is C9H13N5O. The highest BCUT2D eigenvalue weighted by Crippen LogP contribution is 1.90. The van der Waals surface area contributed by atoms with Gasteiger partial charge in [-0.3, -0.25) is 4.68 Å². The summed E-state index contributed by atoms with van der Waals surface area (Å²) in [6.07, 6.45) is 5.90. The Hall–Kier alpha value is -1.69. The summed E-state index contributed by atoms with van der Waals surface area (Å²) in [4.78, 5) is 3.93. The van der Waals surface area contributed by atoms with Gasteiger partial charge in [0.1, 0.15) is 0 Å². The van der Waals surface area contributed by atoms with Crippen LogP contribution in [0.2, 0.25) is 0 Å². The van der Waals surface area contributed by atoms with Crippen molar-refractivity contribution in [2.75, 3.05) is 13.1 Å². The lowest BCUT2D eigenvalue weighted by Crippen LogP contribution is -2.22.